The van der Waals surface area contributed by atoms with E-state index in [4.69, 9.17) is 5.11 Å². The van der Waals surface area contributed by atoms with Gasteiger partial charge in [-0.2, -0.15) is 0 Å². The Morgan fingerprint density at radius 2 is 1.85 bits per heavy atom. The molecule has 0 radical (unpaired) electrons. The number of hydrogen-bond donors (Lipinski definition) is 2. The van der Waals surface area contributed by atoms with E-state index in [0.29, 0.717) is 18.7 Å². The van der Waals surface area contributed by atoms with Crippen LogP contribution in [0.1, 0.15) is 23.2 Å². The molecule has 1 saturated heterocycles. The van der Waals surface area contributed by atoms with Crippen molar-refractivity contribution in [1.82, 2.24) is 4.90 Å². The van der Waals surface area contributed by atoms with E-state index in [-0.39, 0.29) is 12.0 Å². The number of rotatable bonds is 3. The van der Waals surface area contributed by atoms with Crippen molar-refractivity contribution >= 4 is 17.7 Å². The Hall–Kier alpha value is -2.24. The fourth-order valence-electron chi connectivity index (χ4n) is 2.27. The molecule has 1 aromatic rings. The molecule has 0 spiro atoms. The predicted molar refractivity (Wildman–Crippen MR) is 74.0 cm³/mol. The molecule has 0 saturated carbocycles. The number of nitrogens with zero attached hydrogens (tertiary/aromatic N) is 1. The zero-order chi connectivity index (χ0) is 14.5. The van der Waals surface area contributed by atoms with E-state index in [9.17, 15) is 9.59 Å². The zero-order valence-corrected chi connectivity index (χ0v) is 11.3. The maximum absolute atomic E-state index is 11.3. The second-order valence-corrected chi connectivity index (χ2v) is 4.76. The minimum absolute atomic E-state index is 0.259. The average Bonchev–Trinajstić information content (AvgIpc) is 2.48. The number of hydrogen-bond acceptors (Lipinski definition) is 4. The van der Waals surface area contributed by atoms with Gasteiger partial charge in [0.15, 0.2) is 0 Å². The third-order valence-electron chi connectivity index (χ3n) is 3.44. The van der Waals surface area contributed by atoms with Crippen LogP contribution in [-0.4, -0.2) is 48.3 Å². The first kappa shape index (κ1) is 14.2. The quantitative estimate of drug-likeness (QED) is 0.827. The molecule has 108 valence electrons. The van der Waals surface area contributed by atoms with E-state index in [2.05, 4.69) is 10.1 Å². The summed E-state index contributed by atoms with van der Waals surface area (Å²) in [4.78, 5) is 23.6. The van der Waals surface area contributed by atoms with Gasteiger partial charge in [0, 0.05) is 24.8 Å². The van der Waals surface area contributed by atoms with Crippen LogP contribution in [0, 0.1) is 0 Å². The van der Waals surface area contributed by atoms with E-state index in [0.717, 1.165) is 18.5 Å². The Morgan fingerprint density at radius 3 is 2.35 bits per heavy atom. The van der Waals surface area contributed by atoms with E-state index < -0.39 is 6.09 Å². The topological polar surface area (TPSA) is 78.9 Å². The molecule has 0 unspecified atom stereocenters. The van der Waals surface area contributed by atoms with Gasteiger partial charge in [0.25, 0.3) is 0 Å². The van der Waals surface area contributed by atoms with Gasteiger partial charge in [-0.25, -0.2) is 9.59 Å². The van der Waals surface area contributed by atoms with Gasteiger partial charge in [-0.15, -0.1) is 0 Å². The molecule has 1 aliphatic rings. The van der Waals surface area contributed by atoms with Crippen LogP contribution < -0.4 is 5.32 Å². The predicted octanol–water partition coefficient (Wildman–Crippen LogP) is 2.03. The van der Waals surface area contributed by atoms with Crippen molar-refractivity contribution in [3.05, 3.63) is 29.8 Å². The van der Waals surface area contributed by atoms with Gasteiger partial charge in [0.2, 0.25) is 0 Å². The molecule has 0 bridgehead atoms. The first-order chi connectivity index (χ1) is 9.60. The highest BCUT2D eigenvalue weighted by molar-refractivity contribution is 5.89. The largest absolute Gasteiger partial charge is 0.465 e. The van der Waals surface area contributed by atoms with Crippen LogP contribution in [-0.2, 0) is 4.74 Å². The molecule has 1 aliphatic heterocycles. The van der Waals surface area contributed by atoms with Crippen molar-refractivity contribution in [2.45, 2.75) is 18.9 Å². The second-order valence-electron chi connectivity index (χ2n) is 4.76. The molecule has 1 fully saturated rings. The summed E-state index contributed by atoms with van der Waals surface area (Å²) in [5, 5.41) is 12.2. The highest BCUT2D eigenvalue weighted by atomic mass is 16.5. The molecule has 0 atom stereocenters. The Balaban J connectivity index is 1.88. The highest BCUT2D eigenvalue weighted by Crippen LogP contribution is 2.17. The Labute approximate surface area is 117 Å². The number of carboxylic acid groups (broad SMARTS) is 1. The van der Waals surface area contributed by atoms with Crippen LogP contribution in [0.25, 0.3) is 0 Å². The molecule has 2 rings (SSSR count). The summed E-state index contributed by atoms with van der Waals surface area (Å²) in [6.07, 6.45) is 0.710. The number of carbonyl (C=O) groups excluding carboxylic acids is 1. The molecule has 6 nitrogen and oxygen atoms in total. The molecule has 1 aromatic carbocycles. The normalized spacial score (nSPS) is 15.8. The molecule has 0 aromatic heterocycles. The molecule has 1 amide bonds. The number of amides is 1. The minimum Gasteiger partial charge on any atom is -0.465 e. The van der Waals surface area contributed by atoms with Gasteiger partial charge in [0.1, 0.15) is 0 Å². The number of esters is 1. The number of anilines is 1. The molecular weight excluding hydrogens is 260 g/mol. The lowest BCUT2D eigenvalue weighted by molar-refractivity contribution is 0.0600. The summed E-state index contributed by atoms with van der Waals surface area (Å²) < 4.78 is 4.64. The third-order valence-corrected chi connectivity index (χ3v) is 3.44. The number of ether oxygens (including phenoxy) is 1. The lowest BCUT2D eigenvalue weighted by Gasteiger charge is -2.31. The fraction of sp³-hybridized carbons (Fsp3) is 0.429. The average molecular weight is 278 g/mol. The van der Waals surface area contributed by atoms with Gasteiger partial charge in [-0.1, -0.05) is 0 Å². The Kier molecular flexibility index (Phi) is 4.45. The molecule has 6 heteroatoms. The lowest BCUT2D eigenvalue weighted by Crippen LogP contribution is -2.41. The third kappa shape index (κ3) is 3.40. The van der Waals surface area contributed by atoms with Crippen molar-refractivity contribution in [3.63, 3.8) is 0 Å². The monoisotopic (exact) mass is 278 g/mol. The summed E-state index contributed by atoms with van der Waals surface area (Å²) in [5.41, 5.74) is 1.44. The van der Waals surface area contributed by atoms with Crippen LogP contribution in [0.2, 0.25) is 0 Å². The van der Waals surface area contributed by atoms with Crippen LogP contribution >= 0.6 is 0 Å². The first-order valence-electron chi connectivity index (χ1n) is 6.53. The minimum atomic E-state index is -0.856. The highest BCUT2D eigenvalue weighted by Gasteiger charge is 2.21. The summed E-state index contributed by atoms with van der Waals surface area (Å²) in [7, 11) is 1.35. The number of piperidine rings is 1. The molecule has 2 N–H and O–H groups in total. The molecule has 1 heterocycles. The van der Waals surface area contributed by atoms with Gasteiger partial charge >= 0.3 is 12.1 Å². The van der Waals surface area contributed by atoms with E-state index >= 15 is 0 Å². The van der Waals surface area contributed by atoms with E-state index in [1.165, 1.54) is 12.0 Å². The van der Waals surface area contributed by atoms with E-state index in [1.54, 1.807) is 12.1 Å². The first-order valence-corrected chi connectivity index (χ1v) is 6.53. The standard InChI is InChI=1S/C14H18N2O4/c1-20-13(17)10-2-4-11(5-3-10)15-12-6-8-16(9-7-12)14(18)19/h2-5,12,15H,6-9H2,1H3,(H,18,19). The lowest BCUT2D eigenvalue weighted by atomic mass is 10.0. The smallest absolute Gasteiger partial charge is 0.407 e. The Morgan fingerprint density at radius 1 is 1.25 bits per heavy atom. The number of nitrogens with one attached hydrogen (secondary N) is 1. The van der Waals surface area contributed by atoms with Crippen molar-refractivity contribution < 1.29 is 19.4 Å². The van der Waals surface area contributed by atoms with Gasteiger partial charge in [0.05, 0.1) is 12.7 Å². The van der Waals surface area contributed by atoms with Crippen LogP contribution in [0.5, 0.6) is 0 Å². The number of benzene rings is 1. The van der Waals surface area contributed by atoms with Crippen molar-refractivity contribution in [2.24, 2.45) is 0 Å². The zero-order valence-electron chi connectivity index (χ0n) is 11.3. The molecular formula is C14H18N2O4. The molecule has 0 aliphatic carbocycles. The number of likely N-dealkylation sites (tertiary alicyclic amines) is 1. The second kappa shape index (κ2) is 6.27. The fourth-order valence-corrected chi connectivity index (χ4v) is 2.27. The summed E-state index contributed by atoms with van der Waals surface area (Å²) in [6.45, 7) is 1.10. The van der Waals surface area contributed by atoms with Crippen LogP contribution in [0.15, 0.2) is 24.3 Å². The van der Waals surface area contributed by atoms with Crippen LogP contribution in [0.3, 0.4) is 0 Å². The molecule has 20 heavy (non-hydrogen) atoms. The van der Waals surface area contributed by atoms with Gasteiger partial charge in [-0.3, -0.25) is 0 Å². The van der Waals surface area contributed by atoms with E-state index in [1.807, 2.05) is 12.1 Å². The maximum atomic E-state index is 11.3. The maximum Gasteiger partial charge on any atom is 0.407 e. The van der Waals surface area contributed by atoms with Crippen molar-refractivity contribution in [2.75, 3.05) is 25.5 Å². The van der Waals surface area contributed by atoms with Crippen LogP contribution in [0.4, 0.5) is 10.5 Å². The van der Waals surface area contributed by atoms with Crippen molar-refractivity contribution in [1.29, 1.82) is 0 Å². The van der Waals surface area contributed by atoms with Gasteiger partial charge in [-0.05, 0) is 37.1 Å². The summed E-state index contributed by atoms with van der Waals surface area (Å²) in [5.74, 6) is -0.355. The number of methoxy groups -OCH3 is 1. The summed E-state index contributed by atoms with van der Waals surface area (Å²) in [6, 6.07) is 7.33. The van der Waals surface area contributed by atoms with Crippen molar-refractivity contribution in [3.8, 4) is 0 Å². The van der Waals surface area contributed by atoms with Gasteiger partial charge < -0.3 is 20.1 Å². The SMILES string of the molecule is COC(=O)c1ccc(NC2CCN(C(=O)O)CC2)cc1. The summed E-state index contributed by atoms with van der Waals surface area (Å²) >= 11 is 0. The number of carbonyl (C=O) groups is 2. The Bertz CT molecular complexity index is 478.